The van der Waals surface area contributed by atoms with Crippen molar-refractivity contribution in [2.45, 2.75) is 65.0 Å². The molecule has 0 amide bonds. The van der Waals surface area contributed by atoms with E-state index in [-0.39, 0.29) is 0 Å². The molecule has 0 aromatic heterocycles. The van der Waals surface area contributed by atoms with Crippen LogP contribution in [0.1, 0.15) is 57.9 Å². The fraction of sp³-hybridized carbons (Fsp3) is 0.667. The van der Waals surface area contributed by atoms with Gasteiger partial charge in [-0.05, 0) is 62.3 Å². The third kappa shape index (κ3) is 5.19. The van der Waals surface area contributed by atoms with Crippen molar-refractivity contribution in [3.63, 3.8) is 0 Å². The van der Waals surface area contributed by atoms with Gasteiger partial charge in [0.15, 0.2) is 0 Å². The summed E-state index contributed by atoms with van der Waals surface area (Å²) >= 11 is 6.36. The van der Waals surface area contributed by atoms with Gasteiger partial charge in [-0.25, -0.2) is 0 Å². The van der Waals surface area contributed by atoms with E-state index in [0.29, 0.717) is 6.10 Å². The summed E-state index contributed by atoms with van der Waals surface area (Å²) in [5.41, 5.74) is 1.22. The van der Waals surface area contributed by atoms with Crippen LogP contribution in [0.15, 0.2) is 18.2 Å². The Bertz CT molecular complexity index is 427. The number of rotatable bonds is 7. The van der Waals surface area contributed by atoms with Gasteiger partial charge in [0.1, 0.15) is 5.75 Å². The summed E-state index contributed by atoms with van der Waals surface area (Å²) in [6.07, 6.45) is 7.69. The van der Waals surface area contributed by atoms with Crippen LogP contribution in [-0.2, 0) is 6.54 Å². The lowest BCUT2D eigenvalue weighted by molar-refractivity contribution is 0.130. The Labute approximate surface area is 134 Å². The summed E-state index contributed by atoms with van der Waals surface area (Å²) in [5, 5.41) is 4.13. The standard InChI is InChI=1S/C18H28ClNO/c1-3-11-20-13-15-7-10-18(17(19)12-15)21-16-8-5-14(4-2)6-9-16/h7,10,12,14,16,20H,3-6,8-9,11,13H2,1-2H3. The van der Waals surface area contributed by atoms with Crippen LogP contribution in [0.25, 0.3) is 0 Å². The minimum atomic E-state index is 0.342. The molecule has 0 spiro atoms. The average molecular weight is 310 g/mol. The second-order valence-electron chi connectivity index (χ2n) is 6.11. The molecule has 2 rings (SSSR count). The molecular formula is C18H28ClNO. The first kappa shape index (κ1) is 16.6. The number of hydrogen-bond acceptors (Lipinski definition) is 2. The van der Waals surface area contributed by atoms with Crippen LogP contribution < -0.4 is 10.1 Å². The first-order chi connectivity index (χ1) is 10.2. The molecule has 0 bridgehead atoms. The lowest BCUT2D eigenvalue weighted by Crippen LogP contribution is -2.24. The number of hydrogen-bond donors (Lipinski definition) is 1. The molecule has 1 aromatic carbocycles. The quantitative estimate of drug-likeness (QED) is 0.700. The molecular weight excluding hydrogens is 282 g/mol. The summed E-state index contributed by atoms with van der Waals surface area (Å²) in [6.45, 7) is 6.37. The van der Waals surface area contributed by atoms with E-state index in [2.05, 4.69) is 25.2 Å². The maximum absolute atomic E-state index is 6.36. The van der Waals surface area contributed by atoms with Crippen molar-refractivity contribution in [1.82, 2.24) is 5.32 Å². The SMILES string of the molecule is CCCNCc1ccc(OC2CCC(CC)CC2)c(Cl)c1. The normalized spacial score (nSPS) is 22.2. The van der Waals surface area contributed by atoms with Gasteiger partial charge < -0.3 is 10.1 Å². The molecule has 2 nitrogen and oxygen atoms in total. The van der Waals surface area contributed by atoms with Gasteiger partial charge in [0.25, 0.3) is 0 Å². The molecule has 21 heavy (non-hydrogen) atoms. The van der Waals surface area contributed by atoms with Crippen molar-refractivity contribution in [2.24, 2.45) is 5.92 Å². The first-order valence-corrected chi connectivity index (χ1v) is 8.76. The molecule has 0 aliphatic heterocycles. The average Bonchev–Trinajstić information content (AvgIpc) is 2.51. The van der Waals surface area contributed by atoms with Crippen molar-refractivity contribution in [1.29, 1.82) is 0 Å². The topological polar surface area (TPSA) is 21.3 Å². The molecule has 0 radical (unpaired) electrons. The van der Waals surface area contributed by atoms with Crippen LogP contribution in [0.3, 0.4) is 0 Å². The Hall–Kier alpha value is -0.730. The molecule has 0 saturated heterocycles. The fourth-order valence-electron chi connectivity index (χ4n) is 3.00. The van der Waals surface area contributed by atoms with E-state index in [0.717, 1.165) is 49.0 Å². The maximum atomic E-state index is 6.36. The molecule has 1 aliphatic carbocycles. The van der Waals surface area contributed by atoms with E-state index in [1.54, 1.807) is 0 Å². The summed E-state index contributed by atoms with van der Waals surface area (Å²) in [6, 6.07) is 6.16. The van der Waals surface area contributed by atoms with E-state index in [9.17, 15) is 0 Å². The lowest BCUT2D eigenvalue weighted by Gasteiger charge is -2.28. The second kappa shape index (κ2) is 8.65. The molecule has 3 heteroatoms. The summed E-state index contributed by atoms with van der Waals surface area (Å²) in [7, 11) is 0. The molecule has 118 valence electrons. The summed E-state index contributed by atoms with van der Waals surface area (Å²) in [4.78, 5) is 0. The highest BCUT2D eigenvalue weighted by Gasteiger charge is 2.21. The van der Waals surface area contributed by atoms with E-state index in [1.165, 1.54) is 24.8 Å². The summed E-state index contributed by atoms with van der Waals surface area (Å²) < 4.78 is 6.11. The zero-order valence-electron chi connectivity index (χ0n) is 13.3. The van der Waals surface area contributed by atoms with Crippen LogP contribution in [0, 0.1) is 5.92 Å². The predicted octanol–water partition coefficient (Wildman–Crippen LogP) is 5.19. The minimum Gasteiger partial charge on any atom is -0.489 e. The molecule has 1 fully saturated rings. The molecule has 0 atom stereocenters. The first-order valence-electron chi connectivity index (χ1n) is 8.38. The van der Waals surface area contributed by atoms with Crippen molar-refractivity contribution < 1.29 is 4.74 Å². The van der Waals surface area contributed by atoms with Gasteiger partial charge in [-0.15, -0.1) is 0 Å². The van der Waals surface area contributed by atoms with E-state index in [4.69, 9.17) is 16.3 Å². The Morgan fingerprint density at radius 3 is 2.57 bits per heavy atom. The minimum absolute atomic E-state index is 0.342. The third-order valence-corrected chi connectivity index (χ3v) is 4.71. The Morgan fingerprint density at radius 1 is 1.19 bits per heavy atom. The fourth-order valence-corrected chi connectivity index (χ4v) is 3.24. The van der Waals surface area contributed by atoms with E-state index < -0.39 is 0 Å². The summed E-state index contributed by atoms with van der Waals surface area (Å²) in [5.74, 6) is 1.74. The van der Waals surface area contributed by atoms with Crippen molar-refractivity contribution in [3.8, 4) is 5.75 Å². The molecule has 1 aliphatic rings. The lowest BCUT2D eigenvalue weighted by atomic mass is 9.86. The van der Waals surface area contributed by atoms with Gasteiger partial charge in [0.2, 0.25) is 0 Å². The zero-order chi connectivity index (χ0) is 15.1. The van der Waals surface area contributed by atoms with Gasteiger partial charge in [-0.3, -0.25) is 0 Å². The smallest absolute Gasteiger partial charge is 0.138 e. The largest absolute Gasteiger partial charge is 0.489 e. The highest BCUT2D eigenvalue weighted by atomic mass is 35.5. The van der Waals surface area contributed by atoms with Crippen molar-refractivity contribution in [3.05, 3.63) is 28.8 Å². The number of nitrogens with one attached hydrogen (secondary N) is 1. The highest BCUT2D eigenvalue weighted by molar-refractivity contribution is 6.32. The van der Waals surface area contributed by atoms with Gasteiger partial charge in [-0.1, -0.05) is 37.9 Å². The zero-order valence-corrected chi connectivity index (χ0v) is 14.1. The maximum Gasteiger partial charge on any atom is 0.138 e. The van der Waals surface area contributed by atoms with Crippen LogP contribution in [0.5, 0.6) is 5.75 Å². The van der Waals surface area contributed by atoms with E-state index >= 15 is 0 Å². The third-order valence-electron chi connectivity index (χ3n) is 4.42. The Kier molecular flexibility index (Phi) is 6.85. The van der Waals surface area contributed by atoms with Gasteiger partial charge in [0.05, 0.1) is 11.1 Å². The highest BCUT2D eigenvalue weighted by Crippen LogP contribution is 2.32. The Balaban J connectivity index is 1.86. The van der Waals surface area contributed by atoms with E-state index in [1.807, 2.05) is 12.1 Å². The monoisotopic (exact) mass is 309 g/mol. The van der Waals surface area contributed by atoms with Gasteiger partial charge in [-0.2, -0.15) is 0 Å². The van der Waals surface area contributed by atoms with Gasteiger partial charge in [0, 0.05) is 6.54 Å². The molecule has 1 N–H and O–H groups in total. The van der Waals surface area contributed by atoms with Crippen molar-refractivity contribution >= 4 is 11.6 Å². The van der Waals surface area contributed by atoms with Crippen LogP contribution in [0.4, 0.5) is 0 Å². The number of benzene rings is 1. The molecule has 0 unspecified atom stereocenters. The van der Waals surface area contributed by atoms with Crippen LogP contribution in [-0.4, -0.2) is 12.6 Å². The Morgan fingerprint density at radius 2 is 1.95 bits per heavy atom. The van der Waals surface area contributed by atoms with Crippen LogP contribution >= 0.6 is 11.6 Å². The van der Waals surface area contributed by atoms with Crippen LogP contribution in [0.2, 0.25) is 5.02 Å². The number of ether oxygens (including phenoxy) is 1. The van der Waals surface area contributed by atoms with Crippen molar-refractivity contribution in [2.75, 3.05) is 6.54 Å². The predicted molar refractivity (Wildman–Crippen MR) is 90.1 cm³/mol. The number of halogens is 1. The molecule has 1 saturated carbocycles. The molecule has 0 heterocycles. The second-order valence-corrected chi connectivity index (χ2v) is 6.52. The van der Waals surface area contributed by atoms with Gasteiger partial charge >= 0.3 is 0 Å². The molecule has 1 aromatic rings.